The van der Waals surface area contributed by atoms with Crippen molar-refractivity contribution in [3.05, 3.63) is 30.0 Å². The Hall–Kier alpha value is -2.35. The van der Waals surface area contributed by atoms with Gasteiger partial charge >= 0.3 is 0 Å². The summed E-state index contributed by atoms with van der Waals surface area (Å²) in [7, 11) is 0. The van der Waals surface area contributed by atoms with Crippen molar-refractivity contribution in [3.8, 4) is 17.6 Å². The zero-order valence-electron chi connectivity index (χ0n) is 8.14. The van der Waals surface area contributed by atoms with Gasteiger partial charge in [-0.25, -0.2) is 4.39 Å². The number of aromatic hydroxyl groups is 1. The van der Waals surface area contributed by atoms with Crippen LogP contribution in [0, 0.1) is 11.3 Å². The molecular formula is C11H7FN2O2. The molecule has 0 atom stereocenters. The molecule has 1 aromatic carbocycles. The first-order valence-corrected chi connectivity index (χ1v) is 4.47. The molecule has 0 aliphatic heterocycles. The van der Waals surface area contributed by atoms with Crippen LogP contribution in [0.3, 0.4) is 0 Å². The molecule has 5 heteroatoms. The number of benzene rings is 1. The van der Waals surface area contributed by atoms with Crippen LogP contribution in [0.1, 0.15) is 5.56 Å². The Bertz CT molecular complexity index is 578. The topological polar surface area (TPSA) is 66.1 Å². The third-order valence-electron chi connectivity index (χ3n) is 2.16. The van der Waals surface area contributed by atoms with E-state index in [1.54, 1.807) is 18.2 Å². The fourth-order valence-corrected chi connectivity index (χ4v) is 1.44. The Labute approximate surface area is 90.5 Å². The first kappa shape index (κ1) is 10.2. The standard InChI is InChI=1S/C11H7FN2O2/c12-6-16-9-3-1-2-8-10(9)14-5-7(4-13)11(8)15/h1-3,5H,6H2,(H,14,15). The Morgan fingerprint density at radius 3 is 3.00 bits per heavy atom. The van der Waals surface area contributed by atoms with Crippen LogP contribution < -0.4 is 4.74 Å². The molecule has 1 heterocycles. The molecule has 16 heavy (non-hydrogen) atoms. The van der Waals surface area contributed by atoms with Gasteiger partial charge in [-0.2, -0.15) is 5.26 Å². The summed E-state index contributed by atoms with van der Waals surface area (Å²) in [4.78, 5) is 3.96. The predicted octanol–water partition coefficient (Wildman–Crippen LogP) is 2.12. The van der Waals surface area contributed by atoms with Gasteiger partial charge in [0.05, 0.1) is 0 Å². The van der Waals surface area contributed by atoms with Crippen molar-refractivity contribution in [2.24, 2.45) is 0 Å². The number of nitriles is 1. The first-order valence-electron chi connectivity index (χ1n) is 4.47. The highest BCUT2D eigenvalue weighted by Gasteiger charge is 2.10. The lowest BCUT2D eigenvalue weighted by molar-refractivity contribution is 0.193. The smallest absolute Gasteiger partial charge is 0.228 e. The number of para-hydroxylation sites is 1. The number of aromatic nitrogens is 1. The van der Waals surface area contributed by atoms with E-state index in [-0.39, 0.29) is 17.1 Å². The highest BCUT2D eigenvalue weighted by Crippen LogP contribution is 2.31. The summed E-state index contributed by atoms with van der Waals surface area (Å²) >= 11 is 0. The summed E-state index contributed by atoms with van der Waals surface area (Å²) in [6.45, 7) is -0.971. The fraction of sp³-hybridized carbons (Fsp3) is 0.0909. The normalized spacial score (nSPS) is 10.0. The number of halogens is 1. The SMILES string of the molecule is N#Cc1cnc2c(OCF)cccc2c1O. The number of ether oxygens (including phenoxy) is 1. The van der Waals surface area contributed by atoms with Crippen molar-refractivity contribution in [3.63, 3.8) is 0 Å². The van der Waals surface area contributed by atoms with E-state index in [4.69, 9.17) is 10.00 Å². The first-order chi connectivity index (χ1) is 7.77. The molecule has 1 aromatic heterocycles. The molecule has 0 aliphatic rings. The lowest BCUT2D eigenvalue weighted by Crippen LogP contribution is -1.93. The molecule has 2 rings (SSSR count). The van der Waals surface area contributed by atoms with Crippen LogP contribution >= 0.6 is 0 Å². The summed E-state index contributed by atoms with van der Waals surface area (Å²) in [5.74, 6) is 0.0663. The van der Waals surface area contributed by atoms with Gasteiger partial charge in [0.15, 0.2) is 0 Å². The maximum atomic E-state index is 12.1. The molecule has 0 saturated heterocycles. The summed E-state index contributed by atoms with van der Waals surface area (Å²) in [6.07, 6.45) is 1.22. The number of pyridine rings is 1. The van der Waals surface area contributed by atoms with Gasteiger partial charge in [-0.3, -0.25) is 4.98 Å². The van der Waals surface area contributed by atoms with Gasteiger partial charge < -0.3 is 9.84 Å². The Balaban J connectivity index is 2.73. The molecule has 2 aromatic rings. The van der Waals surface area contributed by atoms with Crippen LogP contribution in [0.25, 0.3) is 10.9 Å². The molecule has 0 unspecified atom stereocenters. The van der Waals surface area contributed by atoms with E-state index < -0.39 is 6.86 Å². The Morgan fingerprint density at radius 2 is 2.31 bits per heavy atom. The van der Waals surface area contributed by atoms with Crippen molar-refractivity contribution in [1.82, 2.24) is 4.98 Å². The molecule has 4 nitrogen and oxygen atoms in total. The van der Waals surface area contributed by atoms with Gasteiger partial charge in [0.1, 0.15) is 28.6 Å². The molecule has 0 radical (unpaired) electrons. The van der Waals surface area contributed by atoms with E-state index in [1.807, 2.05) is 6.07 Å². The minimum absolute atomic E-state index is 0.0740. The second-order valence-electron chi connectivity index (χ2n) is 3.04. The second kappa shape index (κ2) is 4.03. The van der Waals surface area contributed by atoms with E-state index in [0.29, 0.717) is 10.9 Å². The number of alkyl halides is 1. The van der Waals surface area contributed by atoms with Gasteiger partial charge in [-0.15, -0.1) is 0 Å². The Kier molecular flexibility index (Phi) is 2.56. The monoisotopic (exact) mass is 218 g/mol. The number of rotatable bonds is 2. The van der Waals surface area contributed by atoms with E-state index >= 15 is 0 Å². The van der Waals surface area contributed by atoms with E-state index in [1.165, 1.54) is 6.20 Å². The lowest BCUT2D eigenvalue weighted by Gasteiger charge is -2.06. The molecule has 0 aliphatic carbocycles. The molecule has 1 N–H and O–H groups in total. The summed E-state index contributed by atoms with van der Waals surface area (Å²) in [6, 6.07) is 6.53. The number of hydrogen-bond donors (Lipinski definition) is 1. The van der Waals surface area contributed by atoms with Gasteiger partial charge in [0, 0.05) is 11.6 Å². The van der Waals surface area contributed by atoms with Crippen molar-refractivity contribution in [2.75, 3.05) is 6.86 Å². The van der Waals surface area contributed by atoms with Crippen molar-refractivity contribution >= 4 is 10.9 Å². The van der Waals surface area contributed by atoms with Crippen LogP contribution in [0.5, 0.6) is 11.5 Å². The van der Waals surface area contributed by atoms with Crippen LogP contribution in [0.2, 0.25) is 0 Å². The van der Waals surface area contributed by atoms with Crippen molar-refractivity contribution in [1.29, 1.82) is 5.26 Å². The highest BCUT2D eigenvalue weighted by molar-refractivity contribution is 5.91. The van der Waals surface area contributed by atoms with Crippen LogP contribution in [-0.2, 0) is 0 Å². The molecule has 80 valence electrons. The van der Waals surface area contributed by atoms with E-state index in [9.17, 15) is 9.50 Å². The number of nitrogens with zero attached hydrogens (tertiary/aromatic N) is 2. The quantitative estimate of drug-likeness (QED) is 0.838. The number of hydrogen-bond acceptors (Lipinski definition) is 4. The average Bonchev–Trinajstić information content (AvgIpc) is 2.31. The third-order valence-corrected chi connectivity index (χ3v) is 2.16. The highest BCUT2D eigenvalue weighted by atomic mass is 19.1. The van der Waals surface area contributed by atoms with E-state index in [0.717, 1.165) is 0 Å². The largest absolute Gasteiger partial charge is 0.506 e. The van der Waals surface area contributed by atoms with Crippen molar-refractivity contribution in [2.45, 2.75) is 0 Å². The Morgan fingerprint density at radius 1 is 1.50 bits per heavy atom. The average molecular weight is 218 g/mol. The molecule has 0 bridgehead atoms. The van der Waals surface area contributed by atoms with Gasteiger partial charge in [0.25, 0.3) is 0 Å². The van der Waals surface area contributed by atoms with Gasteiger partial charge in [-0.1, -0.05) is 6.07 Å². The van der Waals surface area contributed by atoms with Crippen LogP contribution in [-0.4, -0.2) is 17.0 Å². The number of fused-ring (bicyclic) bond motifs is 1. The van der Waals surface area contributed by atoms with E-state index in [2.05, 4.69) is 4.98 Å². The van der Waals surface area contributed by atoms with Gasteiger partial charge in [0.2, 0.25) is 6.86 Å². The minimum atomic E-state index is -0.971. The summed E-state index contributed by atoms with van der Waals surface area (Å²) in [5.41, 5.74) is 0.404. The predicted molar refractivity (Wildman–Crippen MR) is 54.7 cm³/mol. The summed E-state index contributed by atoms with van der Waals surface area (Å²) in [5, 5.41) is 18.8. The molecule has 0 saturated carbocycles. The lowest BCUT2D eigenvalue weighted by atomic mass is 10.1. The molecule has 0 spiro atoms. The van der Waals surface area contributed by atoms with Crippen LogP contribution in [0.15, 0.2) is 24.4 Å². The van der Waals surface area contributed by atoms with Crippen molar-refractivity contribution < 1.29 is 14.2 Å². The molecular weight excluding hydrogens is 211 g/mol. The van der Waals surface area contributed by atoms with Gasteiger partial charge in [-0.05, 0) is 12.1 Å². The zero-order valence-corrected chi connectivity index (χ0v) is 8.14. The fourth-order valence-electron chi connectivity index (χ4n) is 1.44. The second-order valence-corrected chi connectivity index (χ2v) is 3.04. The maximum absolute atomic E-state index is 12.1. The maximum Gasteiger partial charge on any atom is 0.228 e. The minimum Gasteiger partial charge on any atom is -0.506 e. The molecule has 0 amide bonds. The summed E-state index contributed by atoms with van der Waals surface area (Å²) < 4.78 is 16.8. The third kappa shape index (κ3) is 1.50. The molecule has 0 fully saturated rings. The zero-order chi connectivity index (χ0) is 11.5. The van der Waals surface area contributed by atoms with Crippen LogP contribution in [0.4, 0.5) is 4.39 Å².